The monoisotopic (exact) mass is 201 g/mol. The van der Waals surface area contributed by atoms with Crippen LogP contribution in [-0.4, -0.2) is 16.0 Å². The highest BCUT2D eigenvalue weighted by Gasteiger charge is 2.19. The Balaban J connectivity index is 2.64. The molecule has 1 atom stereocenters. The Labute approximate surface area is 77.1 Å². The topological polar surface area (TPSA) is 59.4 Å². The summed E-state index contributed by atoms with van der Waals surface area (Å²) in [5.41, 5.74) is 0. The highest BCUT2D eigenvalue weighted by atomic mass is 31.2. The summed E-state index contributed by atoms with van der Waals surface area (Å²) in [6.45, 7) is 1.82. The van der Waals surface area contributed by atoms with Crippen LogP contribution in [0.2, 0.25) is 0 Å². The van der Waals surface area contributed by atoms with Crippen LogP contribution in [0.5, 0.6) is 5.88 Å². The summed E-state index contributed by atoms with van der Waals surface area (Å²) in [4.78, 5) is 13.1. The van der Waals surface area contributed by atoms with Gasteiger partial charge in [0.1, 0.15) is 0 Å². The predicted octanol–water partition coefficient (Wildman–Crippen LogP) is 2.06. The quantitative estimate of drug-likeness (QED) is 0.757. The smallest absolute Gasteiger partial charge is 0.377 e. The molecule has 0 spiro atoms. The van der Waals surface area contributed by atoms with Crippen molar-refractivity contribution < 1.29 is 14.0 Å². The maximum atomic E-state index is 11.3. The van der Waals surface area contributed by atoms with Crippen LogP contribution in [0.1, 0.15) is 13.3 Å². The Morgan fingerprint density at radius 3 is 2.92 bits per heavy atom. The van der Waals surface area contributed by atoms with Gasteiger partial charge in [-0.3, -0.25) is 0 Å². The molecule has 0 bridgehead atoms. The molecule has 0 saturated heterocycles. The highest BCUT2D eigenvalue weighted by Crippen LogP contribution is 2.42. The van der Waals surface area contributed by atoms with Gasteiger partial charge in [0.25, 0.3) is 0 Å². The molecule has 4 nitrogen and oxygen atoms in total. The summed E-state index contributed by atoms with van der Waals surface area (Å²) in [5.74, 6) is 0.196. The van der Waals surface area contributed by atoms with E-state index in [0.29, 0.717) is 6.42 Å². The number of aromatic nitrogens is 1. The fourth-order valence-electron chi connectivity index (χ4n) is 0.875. The van der Waals surface area contributed by atoms with Gasteiger partial charge in [0.2, 0.25) is 5.88 Å². The molecule has 72 valence electrons. The molecule has 0 aromatic carbocycles. The lowest BCUT2D eigenvalue weighted by Gasteiger charge is -2.10. The molecule has 1 N–H and O–H groups in total. The van der Waals surface area contributed by atoms with E-state index < -0.39 is 7.60 Å². The van der Waals surface area contributed by atoms with E-state index in [1.807, 2.05) is 6.92 Å². The molecule has 0 aliphatic heterocycles. The van der Waals surface area contributed by atoms with Crippen LogP contribution in [0.25, 0.3) is 0 Å². The van der Waals surface area contributed by atoms with Gasteiger partial charge in [-0.25, -0.2) is 9.55 Å². The minimum atomic E-state index is -3.48. The van der Waals surface area contributed by atoms with E-state index in [4.69, 9.17) is 4.52 Å². The molecule has 1 aromatic heterocycles. The molecule has 1 rings (SSSR count). The number of pyridine rings is 1. The average Bonchev–Trinajstić information content (AvgIpc) is 2.04. The van der Waals surface area contributed by atoms with E-state index >= 15 is 0 Å². The number of nitrogens with zero attached hydrogens (tertiary/aromatic N) is 1. The SMILES string of the molecule is CCCP(=O)(O)Oc1ccccn1. The molecule has 1 unspecified atom stereocenters. The fourth-order valence-corrected chi connectivity index (χ4v) is 1.93. The van der Waals surface area contributed by atoms with E-state index in [2.05, 4.69) is 4.98 Å². The van der Waals surface area contributed by atoms with Gasteiger partial charge < -0.3 is 9.42 Å². The molecule has 1 aromatic rings. The second kappa shape index (κ2) is 4.40. The zero-order chi connectivity index (χ0) is 9.73. The summed E-state index contributed by atoms with van der Waals surface area (Å²) in [6, 6.07) is 4.97. The molecule has 5 heteroatoms. The largest absolute Gasteiger partial charge is 0.406 e. The van der Waals surface area contributed by atoms with Gasteiger partial charge in [0, 0.05) is 12.3 Å². The van der Waals surface area contributed by atoms with Crippen LogP contribution in [0.3, 0.4) is 0 Å². The second-order valence-corrected chi connectivity index (χ2v) is 4.53. The fraction of sp³-hybridized carbons (Fsp3) is 0.375. The minimum Gasteiger partial charge on any atom is -0.406 e. The zero-order valence-electron chi connectivity index (χ0n) is 7.38. The van der Waals surface area contributed by atoms with E-state index in [0.717, 1.165) is 0 Å². The normalized spacial score (nSPS) is 14.9. The van der Waals surface area contributed by atoms with Gasteiger partial charge in [0.05, 0.1) is 6.16 Å². The maximum absolute atomic E-state index is 11.3. The Morgan fingerprint density at radius 2 is 2.38 bits per heavy atom. The zero-order valence-corrected chi connectivity index (χ0v) is 8.28. The molecule has 13 heavy (non-hydrogen) atoms. The van der Waals surface area contributed by atoms with Crippen LogP contribution in [0.15, 0.2) is 24.4 Å². The summed E-state index contributed by atoms with van der Waals surface area (Å²) in [7, 11) is -3.48. The molecule has 0 aliphatic carbocycles. The Kier molecular flexibility index (Phi) is 3.46. The summed E-state index contributed by atoms with van der Waals surface area (Å²) >= 11 is 0. The second-order valence-electron chi connectivity index (χ2n) is 2.62. The molecule has 0 amide bonds. The highest BCUT2D eigenvalue weighted by molar-refractivity contribution is 7.53. The molecule has 0 saturated carbocycles. The lowest BCUT2D eigenvalue weighted by Crippen LogP contribution is -1.97. The third-order valence-corrected chi connectivity index (χ3v) is 2.86. The average molecular weight is 201 g/mol. The molecule has 0 aliphatic rings. The van der Waals surface area contributed by atoms with Crippen LogP contribution < -0.4 is 4.52 Å². The van der Waals surface area contributed by atoms with E-state index in [1.165, 1.54) is 6.20 Å². The van der Waals surface area contributed by atoms with Crippen molar-refractivity contribution in [2.24, 2.45) is 0 Å². The van der Waals surface area contributed by atoms with Gasteiger partial charge in [-0.1, -0.05) is 13.0 Å². The van der Waals surface area contributed by atoms with Crippen molar-refractivity contribution in [3.8, 4) is 5.88 Å². The number of hydrogen-bond donors (Lipinski definition) is 1. The molecular formula is C8H12NO3P. The third kappa shape index (κ3) is 3.57. The third-order valence-electron chi connectivity index (χ3n) is 1.38. The van der Waals surface area contributed by atoms with E-state index in [9.17, 15) is 9.46 Å². The first-order chi connectivity index (χ1) is 6.14. The first-order valence-electron chi connectivity index (χ1n) is 4.06. The van der Waals surface area contributed by atoms with Crippen molar-refractivity contribution in [2.75, 3.05) is 6.16 Å². The molecular weight excluding hydrogens is 189 g/mol. The van der Waals surface area contributed by atoms with Crippen molar-refractivity contribution >= 4 is 7.60 Å². The lowest BCUT2D eigenvalue weighted by molar-refractivity contribution is 0.373. The summed E-state index contributed by atoms with van der Waals surface area (Å²) < 4.78 is 16.1. The van der Waals surface area contributed by atoms with E-state index in [-0.39, 0.29) is 12.0 Å². The Morgan fingerprint density at radius 1 is 1.62 bits per heavy atom. The van der Waals surface area contributed by atoms with Gasteiger partial charge >= 0.3 is 7.60 Å². The number of rotatable bonds is 4. The van der Waals surface area contributed by atoms with Gasteiger partial charge in [0.15, 0.2) is 0 Å². The van der Waals surface area contributed by atoms with E-state index in [1.54, 1.807) is 18.2 Å². The van der Waals surface area contributed by atoms with Crippen LogP contribution in [-0.2, 0) is 4.57 Å². The molecule has 0 radical (unpaired) electrons. The van der Waals surface area contributed by atoms with Crippen molar-refractivity contribution in [2.45, 2.75) is 13.3 Å². The van der Waals surface area contributed by atoms with Crippen LogP contribution in [0.4, 0.5) is 0 Å². The first-order valence-corrected chi connectivity index (χ1v) is 5.83. The van der Waals surface area contributed by atoms with Gasteiger partial charge in [-0.15, -0.1) is 0 Å². The Bertz CT molecular complexity index is 302. The summed E-state index contributed by atoms with van der Waals surface area (Å²) in [5, 5.41) is 0. The van der Waals surface area contributed by atoms with Crippen molar-refractivity contribution in [1.82, 2.24) is 4.98 Å². The van der Waals surface area contributed by atoms with Crippen molar-refractivity contribution in [1.29, 1.82) is 0 Å². The summed E-state index contributed by atoms with van der Waals surface area (Å²) in [6.07, 6.45) is 2.28. The van der Waals surface area contributed by atoms with Crippen molar-refractivity contribution in [3.63, 3.8) is 0 Å². The lowest BCUT2D eigenvalue weighted by atomic mass is 10.5. The first kappa shape index (κ1) is 10.2. The van der Waals surface area contributed by atoms with Crippen LogP contribution >= 0.6 is 7.60 Å². The Hall–Kier alpha value is -0.860. The number of hydrogen-bond acceptors (Lipinski definition) is 3. The predicted molar refractivity (Wildman–Crippen MR) is 49.8 cm³/mol. The van der Waals surface area contributed by atoms with Gasteiger partial charge in [-0.2, -0.15) is 0 Å². The van der Waals surface area contributed by atoms with Gasteiger partial charge in [-0.05, 0) is 12.5 Å². The maximum Gasteiger partial charge on any atom is 0.377 e. The molecule has 0 fully saturated rings. The molecule has 1 heterocycles. The van der Waals surface area contributed by atoms with Crippen LogP contribution in [0, 0.1) is 0 Å². The standard InChI is InChI=1S/C8H12NO3P/c1-2-7-13(10,11)12-8-5-3-4-6-9-8/h3-6H,2,7H2,1H3,(H,10,11). The van der Waals surface area contributed by atoms with Crippen molar-refractivity contribution in [3.05, 3.63) is 24.4 Å². The minimum absolute atomic E-state index is 0.156.